The molecule has 1 saturated carbocycles. The number of carbonyl (C=O) groups excluding carboxylic acids is 1. The van der Waals surface area contributed by atoms with Crippen LogP contribution in [0.5, 0.6) is 0 Å². The lowest BCUT2D eigenvalue weighted by atomic mass is 9.91. The molecule has 23 heavy (non-hydrogen) atoms. The van der Waals surface area contributed by atoms with Crippen molar-refractivity contribution >= 4 is 17.5 Å². The van der Waals surface area contributed by atoms with E-state index in [4.69, 9.17) is 16.3 Å². The van der Waals surface area contributed by atoms with Gasteiger partial charge in [0.15, 0.2) is 0 Å². The van der Waals surface area contributed by atoms with E-state index in [2.05, 4.69) is 10.6 Å². The van der Waals surface area contributed by atoms with Gasteiger partial charge in [0.05, 0.1) is 19.3 Å². The van der Waals surface area contributed by atoms with E-state index in [0.717, 1.165) is 23.7 Å². The maximum atomic E-state index is 12.5. The molecule has 126 valence electrons. The topological polar surface area (TPSA) is 50.4 Å². The third-order valence-electron chi connectivity index (χ3n) is 4.85. The first-order valence-corrected chi connectivity index (χ1v) is 8.96. The first-order chi connectivity index (χ1) is 11.2. The van der Waals surface area contributed by atoms with E-state index >= 15 is 0 Å². The molecule has 5 heteroatoms. The van der Waals surface area contributed by atoms with Gasteiger partial charge in [0.2, 0.25) is 5.91 Å². The number of ether oxygens (including phenoxy) is 1. The van der Waals surface area contributed by atoms with Crippen LogP contribution in [0.15, 0.2) is 24.3 Å². The van der Waals surface area contributed by atoms with Crippen molar-refractivity contribution in [2.24, 2.45) is 5.92 Å². The monoisotopic (exact) mass is 336 g/mol. The van der Waals surface area contributed by atoms with Gasteiger partial charge in [-0.15, -0.1) is 0 Å². The van der Waals surface area contributed by atoms with Crippen LogP contribution in [0.3, 0.4) is 0 Å². The Balaban J connectivity index is 1.65. The number of nitrogens with one attached hydrogen (secondary N) is 2. The zero-order chi connectivity index (χ0) is 16.1. The van der Waals surface area contributed by atoms with Gasteiger partial charge in [-0.2, -0.15) is 0 Å². The Kier molecular flexibility index (Phi) is 5.92. The van der Waals surface area contributed by atoms with Crippen molar-refractivity contribution in [2.45, 2.75) is 44.2 Å². The summed E-state index contributed by atoms with van der Waals surface area (Å²) in [5.74, 6) is 0.621. The van der Waals surface area contributed by atoms with E-state index in [0.29, 0.717) is 18.9 Å². The summed E-state index contributed by atoms with van der Waals surface area (Å²) in [6, 6.07) is 8.09. The van der Waals surface area contributed by atoms with Gasteiger partial charge >= 0.3 is 0 Å². The Morgan fingerprint density at radius 2 is 2.04 bits per heavy atom. The van der Waals surface area contributed by atoms with Crippen LogP contribution in [-0.4, -0.2) is 31.7 Å². The Hall–Kier alpha value is -1.10. The number of carbonyl (C=O) groups is 1. The minimum atomic E-state index is 0.0896. The zero-order valence-corrected chi connectivity index (χ0v) is 14.1. The van der Waals surface area contributed by atoms with Gasteiger partial charge in [0, 0.05) is 24.0 Å². The number of benzene rings is 1. The molecule has 1 aliphatic carbocycles. The van der Waals surface area contributed by atoms with E-state index in [-0.39, 0.29) is 18.0 Å². The van der Waals surface area contributed by atoms with Crippen LogP contribution < -0.4 is 10.6 Å². The van der Waals surface area contributed by atoms with Crippen LogP contribution in [0.1, 0.15) is 43.7 Å². The van der Waals surface area contributed by atoms with Crippen molar-refractivity contribution in [3.8, 4) is 0 Å². The zero-order valence-electron chi connectivity index (χ0n) is 13.4. The predicted octanol–water partition coefficient (Wildman–Crippen LogP) is 3.07. The van der Waals surface area contributed by atoms with Crippen LogP contribution in [-0.2, 0) is 9.53 Å². The van der Waals surface area contributed by atoms with E-state index in [9.17, 15) is 4.79 Å². The summed E-state index contributed by atoms with van der Waals surface area (Å²) >= 11 is 6.00. The molecular weight excluding hydrogens is 312 g/mol. The summed E-state index contributed by atoms with van der Waals surface area (Å²) in [5.41, 5.74) is 1.16. The first kappa shape index (κ1) is 16.7. The SMILES string of the molecule is O=C(CC1COCCN1)NC(c1ccc(Cl)cc1)C1CCCC1. The highest BCUT2D eigenvalue weighted by Gasteiger charge is 2.28. The maximum Gasteiger partial charge on any atom is 0.222 e. The minimum absolute atomic E-state index is 0.0896. The lowest BCUT2D eigenvalue weighted by molar-refractivity contribution is -0.123. The van der Waals surface area contributed by atoms with Gasteiger partial charge in [0.25, 0.3) is 0 Å². The van der Waals surface area contributed by atoms with Crippen LogP contribution in [0.25, 0.3) is 0 Å². The van der Waals surface area contributed by atoms with Crippen molar-refractivity contribution in [3.05, 3.63) is 34.9 Å². The summed E-state index contributed by atoms with van der Waals surface area (Å²) in [6.45, 7) is 2.16. The Morgan fingerprint density at radius 3 is 2.70 bits per heavy atom. The molecule has 1 saturated heterocycles. The summed E-state index contributed by atoms with van der Waals surface area (Å²) in [5, 5.41) is 7.33. The molecule has 1 amide bonds. The van der Waals surface area contributed by atoms with Crippen LogP contribution in [0.2, 0.25) is 5.02 Å². The molecule has 0 spiro atoms. The molecule has 0 bridgehead atoms. The molecule has 2 unspecified atom stereocenters. The van der Waals surface area contributed by atoms with Gasteiger partial charge in [-0.05, 0) is 36.5 Å². The highest BCUT2D eigenvalue weighted by molar-refractivity contribution is 6.30. The highest BCUT2D eigenvalue weighted by atomic mass is 35.5. The number of amides is 1. The molecule has 3 rings (SSSR count). The average Bonchev–Trinajstić information content (AvgIpc) is 3.09. The van der Waals surface area contributed by atoms with Crippen molar-refractivity contribution in [1.82, 2.24) is 10.6 Å². The third kappa shape index (κ3) is 4.69. The van der Waals surface area contributed by atoms with E-state index in [1.807, 2.05) is 24.3 Å². The van der Waals surface area contributed by atoms with Gasteiger partial charge in [-0.1, -0.05) is 36.6 Å². The number of hydrogen-bond donors (Lipinski definition) is 2. The van der Waals surface area contributed by atoms with Crippen molar-refractivity contribution in [3.63, 3.8) is 0 Å². The summed E-state index contributed by atoms with van der Waals surface area (Å²) in [7, 11) is 0. The van der Waals surface area contributed by atoms with Crippen LogP contribution in [0, 0.1) is 5.92 Å². The van der Waals surface area contributed by atoms with Crippen molar-refractivity contribution in [1.29, 1.82) is 0 Å². The quantitative estimate of drug-likeness (QED) is 0.868. The van der Waals surface area contributed by atoms with Gasteiger partial charge in [-0.3, -0.25) is 4.79 Å². The molecule has 1 aliphatic heterocycles. The lowest BCUT2D eigenvalue weighted by Gasteiger charge is -2.28. The Bertz CT molecular complexity index is 508. The fourth-order valence-electron chi connectivity index (χ4n) is 3.64. The summed E-state index contributed by atoms with van der Waals surface area (Å²) in [4.78, 5) is 12.5. The second kappa shape index (κ2) is 8.13. The number of morpholine rings is 1. The number of rotatable bonds is 5. The van der Waals surface area contributed by atoms with Crippen LogP contribution in [0.4, 0.5) is 0 Å². The summed E-state index contributed by atoms with van der Waals surface area (Å²) in [6.07, 6.45) is 5.33. The third-order valence-corrected chi connectivity index (χ3v) is 5.10. The fourth-order valence-corrected chi connectivity index (χ4v) is 3.77. The second-order valence-electron chi connectivity index (χ2n) is 6.57. The van der Waals surface area contributed by atoms with Gasteiger partial charge < -0.3 is 15.4 Å². The maximum absolute atomic E-state index is 12.5. The molecule has 2 fully saturated rings. The first-order valence-electron chi connectivity index (χ1n) is 8.58. The summed E-state index contributed by atoms with van der Waals surface area (Å²) < 4.78 is 5.43. The molecule has 2 aliphatic rings. The Morgan fingerprint density at radius 1 is 1.30 bits per heavy atom. The fraction of sp³-hybridized carbons (Fsp3) is 0.611. The molecule has 1 aromatic carbocycles. The van der Waals surface area contributed by atoms with Gasteiger partial charge in [-0.25, -0.2) is 0 Å². The van der Waals surface area contributed by atoms with Crippen LogP contribution >= 0.6 is 11.6 Å². The van der Waals surface area contributed by atoms with Gasteiger partial charge in [0.1, 0.15) is 0 Å². The number of hydrogen-bond acceptors (Lipinski definition) is 3. The van der Waals surface area contributed by atoms with Crippen molar-refractivity contribution in [2.75, 3.05) is 19.8 Å². The standard InChI is InChI=1S/C18H25ClN2O2/c19-15-7-5-14(6-8-15)18(13-3-1-2-4-13)21-17(22)11-16-12-23-10-9-20-16/h5-8,13,16,18,20H,1-4,9-12H2,(H,21,22). The molecule has 2 N–H and O–H groups in total. The van der Waals surface area contributed by atoms with Crippen molar-refractivity contribution < 1.29 is 9.53 Å². The minimum Gasteiger partial charge on any atom is -0.378 e. The molecule has 0 aromatic heterocycles. The predicted molar refractivity (Wildman–Crippen MR) is 91.5 cm³/mol. The molecule has 1 aromatic rings. The molecule has 1 heterocycles. The molecule has 0 radical (unpaired) electrons. The number of halogens is 1. The normalized spacial score (nSPS) is 23.6. The Labute approximate surface area is 142 Å². The highest BCUT2D eigenvalue weighted by Crippen LogP contribution is 2.36. The second-order valence-corrected chi connectivity index (χ2v) is 7.01. The molecule has 2 atom stereocenters. The van der Waals surface area contributed by atoms with E-state index in [1.54, 1.807) is 0 Å². The van der Waals surface area contributed by atoms with E-state index in [1.165, 1.54) is 25.7 Å². The largest absolute Gasteiger partial charge is 0.378 e. The lowest BCUT2D eigenvalue weighted by Crippen LogP contribution is -2.45. The average molecular weight is 337 g/mol. The smallest absolute Gasteiger partial charge is 0.222 e. The molecule has 4 nitrogen and oxygen atoms in total. The molecular formula is C18H25ClN2O2. The van der Waals surface area contributed by atoms with E-state index < -0.39 is 0 Å².